The first-order valence-electron chi connectivity index (χ1n) is 8.22. The van der Waals surface area contributed by atoms with Crippen molar-refractivity contribution < 1.29 is 22.7 Å². The number of amides is 1. The van der Waals surface area contributed by atoms with Crippen LogP contribution in [-0.2, 0) is 9.53 Å². The Hall–Kier alpha value is -1.51. The topological polar surface area (TPSA) is 66.7 Å². The van der Waals surface area contributed by atoms with Gasteiger partial charge < -0.3 is 14.5 Å². The lowest BCUT2D eigenvalue weighted by Gasteiger charge is -2.33. The molecule has 6 nitrogen and oxygen atoms in total. The number of hydrogen-bond acceptors (Lipinski definition) is 5. The van der Waals surface area contributed by atoms with Gasteiger partial charge in [-0.05, 0) is 19.1 Å². The van der Waals surface area contributed by atoms with Crippen LogP contribution >= 0.6 is 0 Å². The average molecular weight is 343 g/mol. The SMILES string of the molecule is Cc1ccc(C(CNC(=O)C2CC(F)(F)CN2)N2CCOCC2)o1. The van der Waals surface area contributed by atoms with Crippen molar-refractivity contribution in [2.24, 2.45) is 0 Å². The van der Waals surface area contributed by atoms with E-state index in [1.807, 2.05) is 19.1 Å². The zero-order valence-corrected chi connectivity index (χ0v) is 13.7. The van der Waals surface area contributed by atoms with Gasteiger partial charge in [0.15, 0.2) is 0 Å². The zero-order chi connectivity index (χ0) is 17.2. The Morgan fingerprint density at radius 2 is 2.21 bits per heavy atom. The van der Waals surface area contributed by atoms with Gasteiger partial charge in [-0.1, -0.05) is 0 Å². The molecule has 8 heteroatoms. The Morgan fingerprint density at radius 1 is 1.46 bits per heavy atom. The second kappa shape index (κ2) is 7.16. The van der Waals surface area contributed by atoms with Crippen LogP contribution in [0, 0.1) is 6.92 Å². The van der Waals surface area contributed by atoms with E-state index >= 15 is 0 Å². The monoisotopic (exact) mass is 343 g/mol. The smallest absolute Gasteiger partial charge is 0.262 e. The lowest BCUT2D eigenvalue weighted by atomic mass is 10.1. The first-order valence-corrected chi connectivity index (χ1v) is 8.22. The van der Waals surface area contributed by atoms with Crippen molar-refractivity contribution in [3.05, 3.63) is 23.7 Å². The molecule has 2 N–H and O–H groups in total. The Kier molecular flexibility index (Phi) is 5.17. The third-order valence-corrected chi connectivity index (χ3v) is 4.47. The maximum absolute atomic E-state index is 13.2. The fraction of sp³-hybridized carbons (Fsp3) is 0.688. The van der Waals surface area contributed by atoms with Gasteiger partial charge in [0, 0.05) is 26.1 Å². The van der Waals surface area contributed by atoms with E-state index in [4.69, 9.17) is 9.15 Å². The molecule has 2 aliphatic heterocycles. The number of halogens is 2. The summed E-state index contributed by atoms with van der Waals surface area (Å²) in [5.41, 5.74) is 0. The van der Waals surface area contributed by atoms with Gasteiger partial charge in [-0.25, -0.2) is 8.78 Å². The van der Waals surface area contributed by atoms with Crippen molar-refractivity contribution in [1.29, 1.82) is 0 Å². The minimum atomic E-state index is -2.82. The minimum Gasteiger partial charge on any atom is -0.465 e. The summed E-state index contributed by atoms with van der Waals surface area (Å²) in [6.07, 6.45) is -0.457. The fourth-order valence-corrected chi connectivity index (χ4v) is 3.15. The molecule has 0 aromatic carbocycles. The predicted molar refractivity (Wildman–Crippen MR) is 82.9 cm³/mol. The van der Waals surface area contributed by atoms with E-state index in [1.54, 1.807) is 0 Å². The molecular formula is C16H23F2N3O3. The molecule has 1 aromatic rings. The van der Waals surface area contributed by atoms with Crippen LogP contribution in [0.4, 0.5) is 8.78 Å². The Bertz CT molecular complexity index is 573. The highest BCUT2D eigenvalue weighted by molar-refractivity contribution is 5.82. The van der Waals surface area contributed by atoms with E-state index in [0.29, 0.717) is 19.8 Å². The van der Waals surface area contributed by atoms with Crippen molar-refractivity contribution >= 4 is 5.91 Å². The molecule has 0 radical (unpaired) electrons. The summed E-state index contributed by atoms with van der Waals surface area (Å²) < 4.78 is 37.6. The van der Waals surface area contributed by atoms with Gasteiger partial charge in [-0.3, -0.25) is 15.0 Å². The number of nitrogens with zero attached hydrogens (tertiary/aromatic N) is 1. The van der Waals surface area contributed by atoms with E-state index < -0.39 is 30.8 Å². The average Bonchev–Trinajstić information content (AvgIpc) is 3.14. The van der Waals surface area contributed by atoms with Crippen molar-refractivity contribution in [3.8, 4) is 0 Å². The molecule has 0 bridgehead atoms. The quantitative estimate of drug-likeness (QED) is 0.837. The van der Waals surface area contributed by atoms with E-state index in [2.05, 4.69) is 15.5 Å². The van der Waals surface area contributed by atoms with Gasteiger partial charge in [-0.2, -0.15) is 0 Å². The number of ether oxygens (including phenoxy) is 1. The second-order valence-corrected chi connectivity index (χ2v) is 6.35. The molecule has 2 saturated heterocycles. The van der Waals surface area contributed by atoms with Gasteiger partial charge in [0.2, 0.25) is 5.91 Å². The van der Waals surface area contributed by atoms with Crippen LogP contribution in [0.25, 0.3) is 0 Å². The third-order valence-electron chi connectivity index (χ3n) is 4.47. The number of carbonyl (C=O) groups excluding carboxylic acids is 1. The van der Waals surface area contributed by atoms with E-state index in [0.717, 1.165) is 24.6 Å². The van der Waals surface area contributed by atoms with Crippen molar-refractivity contribution in [3.63, 3.8) is 0 Å². The summed E-state index contributed by atoms with van der Waals surface area (Å²) in [7, 11) is 0. The maximum Gasteiger partial charge on any atom is 0.262 e. The number of aryl methyl sites for hydroxylation is 1. The summed E-state index contributed by atoms with van der Waals surface area (Å²) in [4.78, 5) is 14.4. The molecule has 2 atom stereocenters. The van der Waals surface area contributed by atoms with Crippen LogP contribution in [0.15, 0.2) is 16.5 Å². The number of carbonyl (C=O) groups is 1. The first-order chi connectivity index (χ1) is 11.4. The maximum atomic E-state index is 13.2. The largest absolute Gasteiger partial charge is 0.465 e. The van der Waals surface area contributed by atoms with Crippen LogP contribution < -0.4 is 10.6 Å². The molecule has 134 valence electrons. The van der Waals surface area contributed by atoms with Gasteiger partial charge >= 0.3 is 0 Å². The molecule has 0 aliphatic carbocycles. The summed E-state index contributed by atoms with van der Waals surface area (Å²) in [5.74, 6) is -1.65. The Labute approximate surface area is 139 Å². The highest BCUT2D eigenvalue weighted by atomic mass is 19.3. The van der Waals surface area contributed by atoms with Gasteiger partial charge in [0.1, 0.15) is 11.5 Å². The van der Waals surface area contributed by atoms with Crippen LogP contribution in [-0.4, -0.2) is 62.2 Å². The van der Waals surface area contributed by atoms with Crippen molar-refractivity contribution in [2.45, 2.75) is 31.4 Å². The van der Waals surface area contributed by atoms with E-state index in [9.17, 15) is 13.6 Å². The highest BCUT2D eigenvalue weighted by Gasteiger charge is 2.42. The fourth-order valence-electron chi connectivity index (χ4n) is 3.15. The third kappa shape index (κ3) is 4.12. The Morgan fingerprint density at radius 3 is 2.79 bits per heavy atom. The summed E-state index contributed by atoms with van der Waals surface area (Å²) in [6, 6.07) is 2.80. The van der Waals surface area contributed by atoms with Crippen molar-refractivity contribution in [1.82, 2.24) is 15.5 Å². The summed E-state index contributed by atoms with van der Waals surface area (Å²) >= 11 is 0. The molecule has 24 heavy (non-hydrogen) atoms. The number of morpholine rings is 1. The molecule has 2 fully saturated rings. The number of hydrogen-bond donors (Lipinski definition) is 2. The molecule has 0 saturated carbocycles. The highest BCUT2D eigenvalue weighted by Crippen LogP contribution is 2.26. The first kappa shape index (κ1) is 17.3. The van der Waals surface area contributed by atoms with Crippen LogP contribution in [0.3, 0.4) is 0 Å². The van der Waals surface area contributed by atoms with Gasteiger partial charge in [-0.15, -0.1) is 0 Å². The lowest BCUT2D eigenvalue weighted by Crippen LogP contribution is -2.47. The number of furan rings is 1. The minimum absolute atomic E-state index is 0.131. The standard InChI is InChI=1S/C16H23F2N3O3/c1-11-2-3-14(24-11)13(21-4-6-23-7-5-21)9-19-15(22)12-8-16(17,18)10-20-12/h2-3,12-13,20H,4-10H2,1H3,(H,19,22). The van der Waals surface area contributed by atoms with Crippen LogP contribution in [0.5, 0.6) is 0 Å². The Balaban J connectivity index is 1.62. The van der Waals surface area contributed by atoms with Gasteiger partial charge in [0.25, 0.3) is 5.92 Å². The second-order valence-electron chi connectivity index (χ2n) is 6.35. The lowest BCUT2D eigenvalue weighted by molar-refractivity contribution is -0.123. The molecular weight excluding hydrogens is 320 g/mol. The van der Waals surface area contributed by atoms with Crippen LogP contribution in [0.1, 0.15) is 24.0 Å². The molecule has 3 rings (SSSR count). The normalized spacial score (nSPS) is 25.5. The molecule has 2 aliphatic rings. The molecule has 2 unspecified atom stereocenters. The summed E-state index contributed by atoms with van der Waals surface area (Å²) in [6.45, 7) is 4.45. The van der Waals surface area contributed by atoms with Crippen molar-refractivity contribution in [2.75, 3.05) is 39.4 Å². The number of rotatable bonds is 5. The predicted octanol–water partition coefficient (Wildman–Crippen LogP) is 1.07. The molecule has 0 spiro atoms. The van der Waals surface area contributed by atoms with Crippen LogP contribution in [0.2, 0.25) is 0 Å². The molecule has 1 aromatic heterocycles. The van der Waals surface area contributed by atoms with E-state index in [1.165, 1.54) is 0 Å². The van der Waals surface area contributed by atoms with Gasteiger partial charge in [0.05, 0.1) is 31.8 Å². The van der Waals surface area contributed by atoms with E-state index in [-0.39, 0.29) is 6.04 Å². The molecule has 3 heterocycles. The molecule has 1 amide bonds. The zero-order valence-electron chi connectivity index (χ0n) is 13.7. The number of nitrogens with one attached hydrogen (secondary N) is 2. The summed E-state index contributed by atoms with van der Waals surface area (Å²) in [5, 5.41) is 5.36. The number of alkyl halides is 2.